The van der Waals surface area contributed by atoms with Gasteiger partial charge in [0.2, 0.25) is 0 Å². The summed E-state index contributed by atoms with van der Waals surface area (Å²) in [6, 6.07) is 5.74. The van der Waals surface area contributed by atoms with Crippen LogP contribution in [0.1, 0.15) is 23.7 Å². The average molecular weight is 326 g/mol. The lowest BCUT2D eigenvalue weighted by molar-refractivity contribution is 0.686. The Morgan fingerprint density at radius 1 is 1.38 bits per heavy atom. The monoisotopic (exact) mass is 325 g/mol. The molecule has 1 heterocycles. The molecule has 6 heteroatoms. The molecule has 0 amide bonds. The molecule has 2 rings (SSSR count). The van der Waals surface area contributed by atoms with E-state index in [1.807, 2.05) is 36.1 Å². The fourth-order valence-electron chi connectivity index (χ4n) is 2.24. The van der Waals surface area contributed by atoms with Crippen LogP contribution in [0.5, 0.6) is 0 Å². The zero-order chi connectivity index (χ0) is 15.4. The van der Waals surface area contributed by atoms with Crippen molar-refractivity contribution in [3.63, 3.8) is 0 Å². The number of rotatable bonds is 6. The molecule has 0 aliphatic heterocycles. The molecule has 0 fully saturated rings. The lowest BCUT2D eigenvalue weighted by Crippen LogP contribution is -2.02. The zero-order valence-electron chi connectivity index (χ0n) is 12.5. The normalized spacial score (nSPS) is 12.4. The molecule has 1 atom stereocenters. The van der Waals surface area contributed by atoms with Crippen LogP contribution in [-0.4, -0.2) is 20.2 Å². The smallest absolute Gasteiger partial charge is 0.0671 e. The first kappa shape index (κ1) is 16.0. The Morgan fingerprint density at radius 3 is 2.81 bits per heavy atom. The van der Waals surface area contributed by atoms with Gasteiger partial charge in [0.25, 0.3) is 0 Å². The van der Waals surface area contributed by atoms with Crippen LogP contribution in [0, 0.1) is 0 Å². The van der Waals surface area contributed by atoms with E-state index >= 15 is 0 Å². The Hall–Kier alpha value is -1.33. The first-order valence-electron chi connectivity index (χ1n) is 6.83. The summed E-state index contributed by atoms with van der Waals surface area (Å²) < 4.78 is 13.2. The summed E-state index contributed by atoms with van der Waals surface area (Å²) in [6.07, 6.45) is 4.63. The molecular weight excluding hydrogens is 306 g/mol. The van der Waals surface area contributed by atoms with Crippen LogP contribution in [0.25, 0.3) is 0 Å². The lowest BCUT2D eigenvalue weighted by Gasteiger charge is -2.09. The predicted molar refractivity (Wildman–Crippen MR) is 89.1 cm³/mol. The number of aromatic nitrogens is 2. The Bertz CT molecular complexity index is 654. The first-order valence-corrected chi connectivity index (χ1v) is 8.93. The fourth-order valence-corrected chi connectivity index (χ4v) is 3.18. The van der Waals surface area contributed by atoms with Crippen molar-refractivity contribution >= 4 is 28.1 Å². The molecule has 21 heavy (non-hydrogen) atoms. The van der Waals surface area contributed by atoms with Crippen molar-refractivity contribution in [3.8, 4) is 0 Å². The molecule has 0 saturated heterocycles. The highest BCUT2D eigenvalue weighted by molar-refractivity contribution is 7.83. The maximum absolute atomic E-state index is 11.4. The number of hydrogen-bond donors (Lipinski definition) is 1. The predicted octanol–water partition coefficient (Wildman–Crippen LogP) is 3.13. The minimum Gasteiger partial charge on any atom is -0.381 e. The summed E-state index contributed by atoms with van der Waals surface area (Å²) in [4.78, 5) is 0. The first-order chi connectivity index (χ1) is 9.99. The van der Waals surface area contributed by atoms with Gasteiger partial charge in [-0.3, -0.25) is 8.89 Å². The van der Waals surface area contributed by atoms with Gasteiger partial charge >= 0.3 is 0 Å². The Morgan fingerprint density at radius 2 is 2.14 bits per heavy atom. The van der Waals surface area contributed by atoms with Crippen molar-refractivity contribution in [1.82, 2.24) is 9.78 Å². The van der Waals surface area contributed by atoms with Gasteiger partial charge in [-0.25, -0.2) is 0 Å². The van der Waals surface area contributed by atoms with Gasteiger partial charge in [0, 0.05) is 58.9 Å². The van der Waals surface area contributed by atoms with E-state index in [0.29, 0.717) is 17.3 Å². The fraction of sp³-hybridized carbons (Fsp3) is 0.400. The van der Waals surface area contributed by atoms with Gasteiger partial charge in [0.1, 0.15) is 0 Å². The van der Waals surface area contributed by atoms with Crippen molar-refractivity contribution in [2.45, 2.75) is 25.6 Å². The van der Waals surface area contributed by atoms with Gasteiger partial charge in [0.15, 0.2) is 0 Å². The highest BCUT2D eigenvalue weighted by atomic mass is 35.5. The second-order valence-electron chi connectivity index (χ2n) is 5.01. The number of anilines is 1. The van der Waals surface area contributed by atoms with Gasteiger partial charge in [0.05, 0.1) is 5.69 Å². The summed E-state index contributed by atoms with van der Waals surface area (Å²) in [5, 5.41) is 8.47. The Balaban J connectivity index is 2.11. The van der Waals surface area contributed by atoms with Crippen molar-refractivity contribution in [2.75, 3.05) is 11.6 Å². The lowest BCUT2D eigenvalue weighted by atomic mass is 10.2. The molecular formula is C15H20ClN3OS. The molecule has 1 aromatic carbocycles. The van der Waals surface area contributed by atoms with Crippen molar-refractivity contribution in [2.24, 2.45) is 7.05 Å². The van der Waals surface area contributed by atoms with E-state index in [-0.39, 0.29) is 0 Å². The van der Waals surface area contributed by atoms with Crippen LogP contribution in [-0.2, 0) is 36.6 Å². The quantitative estimate of drug-likeness (QED) is 0.887. The maximum atomic E-state index is 11.4. The number of nitrogens with zero attached hydrogens (tertiary/aromatic N) is 2. The van der Waals surface area contributed by atoms with Crippen LogP contribution < -0.4 is 5.32 Å². The van der Waals surface area contributed by atoms with Gasteiger partial charge < -0.3 is 5.32 Å². The molecule has 0 aliphatic rings. The highest BCUT2D eigenvalue weighted by Crippen LogP contribution is 2.22. The van der Waals surface area contributed by atoms with Crippen molar-refractivity contribution in [1.29, 1.82) is 0 Å². The average Bonchev–Trinajstić information content (AvgIpc) is 2.79. The molecule has 0 radical (unpaired) electrons. The second kappa shape index (κ2) is 7.09. The molecule has 0 unspecified atom stereocenters. The third kappa shape index (κ3) is 4.32. The molecule has 114 valence electrons. The molecule has 0 saturated carbocycles. The maximum Gasteiger partial charge on any atom is 0.0671 e. The summed E-state index contributed by atoms with van der Waals surface area (Å²) in [6.45, 7) is 2.82. The molecule has 1 aromatic heterocycles. The van der Waals surface area contributed by atoms with Crippen LogP contribution >= 0.6 is 11.6 Å². The molecule has 1 N–H and O–H groups in total. The second-order valence-corrected chi connectivity index (χ2v) is 6.85. The molecule has 0 spiro atoms. The minimum atomic E-state index is -0.902. The third-order valence-corrected chi connectivity index (χ3v) is 4.30. The molecule has 0 bridgehead atoms. The molecule has 4 nitrogen and oxygen atoms in total. The van der Waals surface area contributed by atoms with E-state index in [1.165, 1.54) is 5.56 Å². The van der Waals surface area contributed by atoms with Crippen LogP contribution in [0.15, 0.2) is 24.4 Å². The summed E-state index contributed by atoms with van der Waals surface area (Å²) in [5.74, 6) is 0.474. The largest absolute Gasteiger partial charge is 0.381 e. The van der Waals surface area contributed by atoms with E-state index in [4.69, 9.17) is 11.6 Å². The van der Waals surface area contributed by atoms with E-state index in [1.54, 1.807) is 6.26 Å². The minimum absolute atomic E-state index is 0.474. The topological polar surface area (TPSA) is 46.9 Å². The Labute approximate surface area is 133 Å². The molecule has 2 aromatic rings. The van der Waals surface area contributed by atoms with Crippen molar-refractivity contribution in [3.05, 3.63) is 46.2 Å². The summed E-state index contributed by atoms with van der Waals surface area (Å²) in [7, 11) is 1.03. The number of hydrogen-bond acceptors (Lipinski definition) is 3. The zero-order valence-corrected chi connectivity index (χ0v) is 14.1. The highest BCUT2D eigenvalue weighted by Gasteiger charge is 2.07. The number of halogens is 1. The summed E-state index contributed by atoms with van der Waals surface area (Å²) >= 11 is 6.13. The Kier molecular flexibility index (Phi) is 5.42. The number of aryl methyl sites for hydroxylation is 2. The van der Waals surface area contributed by atoms with E-state index < -0.39 is 10.8 Å². The van der Waals surface area contributed by atoms with Crippen LogP contribution in [0.3, 0.4) is 0 Å². The number of nitrogens with one attached hydrogen (secondary N) is 1. The SMILES string of the molecule is CCc1nn(C)cc1CNc1ccc(Cl)c(C[S@@](C)=O)c1. The van der Waals surface area contributed by atoms with Crippen molar-refractivity contribution < 1.29 is 4.21 Å². The summed E-state index contributed by atoms with van der Waals surface area (Å²) in [5.41, 5.74) is 4.18. The molecule has 0 aliphatic carbocycles. The van der Waals surface area contributed by atoms with Gasteiger partial charge in [-0.05, 0) is 30.2 Å². The van der Waals surface area contributed by atoms with Gasteiger partial charge in [-0.15, -0.1) is 0 Å². The van der Waals surface area contributed by atoms with Crippen LogP contribution in [0.4, 0.5) is 5.69 Å². The van der Waals surface area contributed by atoms with E-state index in [9.17, 15) is 4.21 Å². The third-order valence-electron chi connectivity index (χ3n) is 3.21. The number of benzene rings is 1. The van der Waals surface area contributed by atoms with Gasteiger partial charge in [-0.2, -0.15) is 5.10 Å². The van der Waals surface area contributed by atoms with Gasteiger partial charge in [-0.1, -0.05) is 18.5 Å². The van der Waals surface area contributed by atoms with Crippen LogP contribution in [0.2, 0.25) is 5.02 Å². The van der Waals surface area contributed by atoms with E-state index in [0.717, 1.165) is 23.4 Å². The van der Waals surface area contributed by atoms with E-state index in [2.05, 4.69) is 17.3 Å². The standard InChI is InChI=1S/C15H20ClN3OS/c1-4-15-12(9-19(2)18-15)8-17-13-5-6-14(16)11(7-13)10-21(3)20/h5-7,9,17H,4,8,10H2,1-3H3/t21-/m1/s1.